The highest BCUT2D eigenvalue weighted by Gasteiger charge is 2.29. The average molecular weight is 444 g/mol. The molecule has 1 aromatic rings. The second kappa shape index (κ2) is 12.4. The first-order valence-corrected chi connectivity index (χ1v) is 12.2. The number of rotatable bonds is 11. The van der Waals surface area contributed by atoms with E-state index in [0.29, 0.717) is 17.2 Å². The maximum Gasteiger partial charge on any atom is 0.323 e. The number of carboxylic acid groups (broad SMARTS) is 1. The van der Waals surface area contributed by atoms with Crippen molar-refractivity contribution in [2.45, 2.75) is 75.7 Å². The van der Waals surface area contributed by atoms with Crippen LogP contribution in [-0.4, -0.2) is 58.0 Å². The van der Waals surface area contributed by atoms with Crippen LogP contribution in [0.25, 0.3) is 0 Å². The normalized spacial score (nSPS) is 19.3. The summed E-state index contributed by atoms with van der Waals surface area (Å²) in [5.74, 6) is -0.361. The number of thioether (sulfide) groups is 1. The summed E-state index contributed by atoms with van der Waals surface area (Å²) in [6.07, 6.45) is 7.80. The smallest absolute Gasteiger partial charge is 0.323 e. The molecular weight excluding hydrogens is 410 g/mol. The van der Waals surface area contributed by atoms with Crippen LogP contribution in [0, 0.1) is 5.92 Å². The molecule has 2 N–H and O–H groups in total. The number of nitrogens with zero attached hydrogens (tertiary/aromatic N) is 2. The molecule has 1 aromatic heterocycles. The molecule has 2 rings (SSSR count). The molecule has 0 aromatic carbocycles. The molecule has 1 aliphatic carbocycles. The molecule has 2 amide bonds. The fraction of sp³-hybridized carbons (Fsp3) is 0.750. The topological polar surface area (TPSA) is 91.8 Å². The van der Waals surface area contributed by atoms with Gasteiger partial charge in [-0.05, 0) is 44.4 Å². The summed E-state index contributed by atoms with van der Waals surface area (Å²) in [7, 11) is 0. The second-order valence-corrected chi connectivity index (χ2v) is 10.1. The number of urea groups is 1. The maximum absolute atomic E-state index is 13.0. The van der Waals surface area contributed by atoms with E-state index in [1.807, 2.05) is 4.90 Å². The fourth-order valence-corrected chi connectivity index (χ4v) is 4.92. The quantitative estimate of drug-likeness (QED) is 0.471. The summed E-state index contributed by atoms with van der Waals surface area (Å²) in [4.78, 5) is 29.9. The first kappa shape index (κ1) is 24.0. The van der Waals surface area contributed by atoms with Gasteiger partial charge in [0, 0.05) is 19.2 Å². The minimum Gasteiger partial charge on any atom is -0.481 e. The molecule has 1 heterocycles. The number of carbonyl (C=O) groups excluding carboxylic acids is 1. The molecule has 1 fully saturated rings. The minimum atomic E-state index is -0.868. The molecule has 0 atom stereocenters. The van der Waals surface area contributed by atoms with Crippen molar-refractivity contribution >= 4 is 40.2 Å². The third-order valence-corrected chi connectivity index (χ3v) is 6.98. The van der Waals surface area contributed by atoms with Crippen LogP contribution in [0.4, 0.5) is 9.93 Å². The van der Waals surface area contributed by atoms with E-state index in [1.165, 1.54) is 23.1 Å². The predicted octanol–water partition coefficient (Wildman–Crippen LogP) is 4.94. The van der Waals surface area contributed by atoms with Gasteiger partial charge in [-0.15, -0.1) is 11.8 Å². The molecule has 1 saturated carbocycles. The van der Waals surface area contributed by atoms with Gasteiger partial charge in [0.15, 0.2) is 5.13 Å². The highest BCUT2D eigenvalue weighted by Crippen LogP contribution is 2.30. The van der Waals surface area contributed by atoms with Gasteiger partial charge < -0.3 is 14.7 Å². The van der Waals surface area contributed by atoms with Gasteiger partial charge in [0.05, 0.1) is 22.3 Å². The van der Waals surface area contributed by atoms with E-state index in [9.17, 15) is 9.59 Å². The molecular formula is C20H33N3O4S2. The van der Waals surface area contributed by atoms with E-state index in [2.05, 4.69) is 31.1 Å². The van der Waals surface area contributed by atoms with Crippen LogP contribution in [0.5, 0.6) is 0 Å². The summed E-state index contributed by atoms with van der Waals surface area (Å²) in [5.41, 5.74) is 0. The van der Waals surface area contributed by atoms with Gasteiger partial charge in [0.25, 0.3) is 0 Å². The lowest BCUT2D eigenvalue weighted by Crippen LogP contribution is -2.46. The summed E-state index contributed by atoms with van der Waals surface area (Å²) in [6.45, 7) is 7.98. The summed E-state index contributed by atoms with van der Waals surface area (Å²) in [5, 5.41) is 12.2. The van der Waals surface area contributed by atoms with Crippen molar-refractivity contribution in [1.29, 1.82) is 0 Å². The van der Waals surface area contributed by atoms with Crippen molar-refractivity contribution in [1.82, 2.24) is 9.88 Å². The Morgan fingerprint density at radius 1 is 1.38 bits per heavy atom. The number of aliphatic carboxylic acids is 1. The SMILES string of the molecule is CCCOC1CCC(N(CCC(C)C)C(=O)Nc2ncc(SCC(=O)O)s2)CC1. The number of carbonyl (C=O) groups is 2. The largest absolute Gasteiger partial charge is 0.481 e. The van der Waals surface area contributed by atoms with Gasteiger partial charge in [-0.1, -0.05) is 32.1 Å². The lowest BCUT2D eigenvalue weighted by molar-refractivity contribution is -0.133. The van der Waals surface area contributed by atoms with Crippen LogP contribution < -0.4 is 5.32 Å². The molecule has 9 heteroatoms. The monoisotopic (exact) mass is 443 g/mol. The summed E-state index contributed by atoms with van der Waals surface area (Å²) < 4.78 is 6.67. The van der Waals surface area contributed by atoms with Crippen LogP contribution >= 0.6 is 23.1 Å². The zero-order valence-electron chi connectivity index (χ0n) is 17.6. The van der Waals surface area contributed by atoms with Gasteiger partial charge in [0.2, 0.25) is 0 Å². The first-order chi connectivity index (χ1) is 13.9. The zero-order chi connectivity index (χ0) is 21.2. The van der Waals surface area contributed by atoms with Crippen LogP contribution in [0.1, 0.15) is 59.3 Å². The van der Waals surface area contributed by atoms with Crippen LogP contribution in [-0.2, 0) is 9.53 Å². The Kier molecular flexibility index (Phi) is 10.2. The molecule has 0 saturated heterocycles. The zero-order valence-corrected chi connectivity index (χ0v) is 19.2. The number of carboxylic acids is 1. The van der Waals surface area contributed by atoms with Gasteiger partial charge >= 0.3 is 12.0 Å². The predicted molar refractivity (Wildman–Crippen MR) is 118 cm³/mol. The fourth-order valence-electron chi connectivity index (χ4n) is 3.34. The molecule has 7 nitrogen and oxygen atoms in total. The summed E-state index contributed by atoms with van der Waals surface area (Å²) >= 11 is 2.52. The first-order valence-electron chi connectivity index (χ1n) is 10.4. The lowest BCUT2D eigenvalue weighted by Gasteiger charge is -2.37. The summed E-state index contributed by atoms with van der Waals surface area (Å²) in [6, 6.07) is 0.101. The van der Waals surface area contributed by atoms with Crippen molar-refractivity contribution in [2.75, 3.05) is 24.2 Å². The Hall–Kier alpha value is -1.32. The Balaban J connectivity index is 1.94. The minimum absolute atomic E-state index is 0.0144. The lowest BCUT2D eigenvalue weighted by atomic mass is 9.91. The molecule has 164 valence electrons. The number of ether oxygens (including phenoxy) is 1. The van der Waals surface area contributed by atoms with E-state index in [0.717, 1.165) is 55.9 Å². The Morgan fingerprint density at radius 2 is 2.10 bits per heavy atom. The highest BCUT2D eigenvalue weighted by atomic mass is 32.2. The van der Waals surface area contributed by atoms with E-state index < -0.39 is 5.97 Å². The van der Waals surface area contributed by atoms with E-state index in [-0.39, 0.29) is 17.8 Å². The van der Waals surface area contributed by atoms with Gasteiger partial charge in [-0.3, -0.25) is 10.1 Å². The van der Waals surface area contributed by atoms with Crippen molar-refractivity contribution in [2.24, 2.45) is 5.92 Å². The maximum atomic E-state index is 13.0. The van der Waals surface area contributed by atoms with Gasteiger partial charge in [-0.25, -0.2) is 9.78 Å². The van der Waals surface area contributed by atoms with E-state index in [4.69, 9.17) is 9.84 Å². The number of thiazole rings is 1. The molecule has 0 radical (unpaired) electrons. The third kappa shape index (κ3) is 8.52. The molecule has 0 unspecified atom stereocenters. The standard InChI is InChI=1S/C20H33N3O4S2/c1-4-11-27-16-7-5-15(6-8-16)23(10-9-14(2)3)20(26)22-19-21-12-18(29-19)28-13-17(24)25/h12,14-16H,4-11,13H2,1-3H3,(H,24,25)(H,21,22,26). The average Bonchev–Trinajstić information content (AvgIpc) is 3.13. The molecule has 0 aliphatic heterocycles. The van der Waals surface area contributed by atoms with Crippen LogP contribution in [0.2, 0.25) is 0 Å². The van der Waals surface area contributed by atoms with Crippen LogP contribution in [0.15, 0.2) is 10.4 Å². The molecule has 29 heavy (non-hydrogen) atoms. The Bertz CT molecular complexity index is 645. The van der Waals surface area contributed by atoms with Gasteiger partial charge in [0.1, 0.15) is 0 Å². The van der Waals surface area contributed by atoms with Gasteiger partial charge in [-0.2, -0.15) is 0 Å². The van der Waals surface area contributed by atoms with Crippen molar-refractivity contribution < 1.29 is 19.4 Å². The van der Waals surface area contributed by atoms with Crippen molar-refractivity contribution in [3.8, 4) is 0 Å². The third-order valence-electron chi connectivity index (χ3n) is 4.89. The van der Waals surface area contributed by atoms with Crippen LogP contribution in [0.3, 0.4) is 0 Å². The number of aromatic nitrogens is 1. The second-order valence-electron chi connectivity index (χ2n) is 7.77. The number of anilines is 1. The number of hydrogen-bond acceptors (Lipinski definition) is 6. The number of amides is 2. The molecule has 1 aliphatic rings. The number of nitrogens with one attached hydrogen (secondary N) is 1. The number of hydrogen-bond donors (Lipinski definition) is 2. The van der Waals surface area contributed by atoms with Crippen molar-refractivity contribution in [3.05, 3.63) is 6.20 Å². The molecule has 0 spiro atoms. The van der Waals surface area contributed by atoms with Crippen molar-refractivity contribution in [3.63, 3.8) is 0 Å². The Morgan fingerprint density at radius 3 is 2.72 bits per heavy atom. The molecule has 0 bridgehead atoms. The van der Waals surface area contributed by atoms with E-state index >= 15 is 0 Å². The highest BCUT2D eigenvalue weighted by molar-refractivity contribution is 8.01. The Labute approximate surface area is 181 Å². The van der Waals surface area contributed by atoms with E-state index in [1.54, 1.807) is 6.20 Å².